The summed E-state index contributed by atoms with van der Waals surface area (Å²) in [5.74, 6) is -1.20. The maximum atomic E-state index is 13.4. The summed E-state index contributed by atoms with van der Waals surface area (Å²) < 4.78 is 25.6. The molecule has 2 aromatic rings. The molecule has 0 unspecified atom stereocenters. The van der Waals surface area contributed by atoms with Gasteiger partial charge in [0.25, 0.3) is 0 Å². The Bertz CT molecular complexity index is 973. The first-order chi connectivity index (χ1) is 13.6. The SMILES string of the molecule is CC(C)(C)S(=O)(=O)[C@H]1CC[C@@H](CC(=O)c2ccccc2)[C@@H]1C(=O)c1ccccc1. The highest BCUT2D eigenvalue weighted by Gasteiger charge is 2.51. The molecular weight excluding hydrogens is 384 g/mol. The maximum absolute atomic E-state index is 13.4. The molecule has 3 rings (SSSR count). The minimum absolute atomic E-state index is 0.0460. The Morgan fingerprint density at radius 3 is 1.90 bits per heavy atom. The molecule has 0 amide bonds. The van der Waals surface area contributed by atoms with Crippen LogP contribution in [0.1, 0.15) is 60.7 Å². The summed E-state index contributed by atoms with van der Waals surface area (Å²) in [5.41, 5.74) is 1.10. The van der Waals surface area contributed by atoms with Gasteiger partial charge in [-0.25, -0.2) is 8.42 Å². The van der Waals surface area contributed by atoms with Crippen LogP contribution in [0.25, 0.3) is 0 Å². The number of benzene rings is 2. The van der Waals surface area contributed by atoms with Crippen molar-refractivity contribution in [2.45, 2.75) is 50.0 Å². The number of Topliss-reactive ketones (excluding diaryl/α,β-unsaturated/α-hetero) is 2. The van der Waals surface area contributed by atoms with Crippen molar-refractivity contribution >= 4 is 21.4 Å². The number of hydrogen-bond donors (Lipinski definition) is 0. The van der Waals surface area contributed by atoms with Crippen molar-refractivity contribution in [3.8, 4) is 0 Å². The number of hydrogen-bond acceptors (Lipinski definition) is 4. The van der Waals surface area contributed by atoms with E-state index in [-0.39, 0.29) is 23.9 Å². The van der Waals surface area contributed by atoms with E-state index in [2.05, 4.69) is 0 Å². The summed E-state index contributed by atoms with van der Waals surface area (Å²) in [5, 5.41) is -0.760. The van der Waals surface area contributed by atoms with Crippen LogP contribution in [-0.2, 0) is 9.84 Å². The van der Waals surface area contributed by atoms with Gasteiger partial charge in [-0.05, 0) is 39.5 Å². The molecule has 0 radical (unpaired) electrons. The standard InChI is InChI=1S/C24H28O4S/c1-24(2,3)29(27,28)21-15-14-19(16-20(25)17-10-6-4-7-11-17)22(21)23(26)18-12-8-5-9-13-18/h4-13,19,21-22H,14-16H2,1-3H3/t19-,21-,22-/m0/s1. The van der Waals surface area contributed by atoms with Crippen molar-refractivity contribution in [3.05, 3.63) is 71.8 Å². The third kappa shape index (κ3) is 4.35. The molecule has 0 N–H and O–H groups in total. The van der Waals surface area contributed by atoms with E-state index < -0.39 is 25.8 Å². The second kappa shape index (κ2) is 8.23. The average molecular weight is 413 g/mol. The number of ketones is 2. The van der Waals surface area contributed by atoms with Gasteiger partial charge in [0, 0.05) is 23.5 Å². The smallest absolute Gasteiger partial charge is 0.167 e. The van der Waals surface area contributed by atoms with E-state index in [9.17, 15) is 18.0 Å². The summed E-state index contributed by atoms with van der Waals surface area (Å²) in [7, 11) is -3.54. The highest BCUT2D eigenvalue weighted by atomic mass is 32.2. The zero-order valence-corrected chi connectivity index (χ0v) is 18.0. The van der Waals surface area contributed by atoms with E-state index in [1.165, 1.54) is 0 Å². The lowest BCUT2D eigenvalue weighted by Gasteiger charge is -2.29. The fourth-order valence-corrected chi connectivity index (χ4v) is 6.32. The molecule has 1 saturated carbocycles. The Kier molecular flexibility index (Phi) is 6.08. The first kappa shape index (κ1) is 21.4. The van der Waals surface area contributed by atoms with Gasteiger partial charge in [-0.15, -0.1) is 0 Å². The summed E-state index contributed by atoms with van der Waals surface area (Å²) in [6.45, 7) is 5.03. The van der Waals surface area contributed by atoms with E-state index in [1.807, 2.05) is 12.1 Å². The van der Waals surface area contributed by atoms with E-state index in [0.717, 1.165) is 0 Å². The lowest BCUT2D eigenvalue weighted by Crippen LogP contribution is -2.43. The highest BCUT2D eigenvalue weighted by molar-refractivity contribution is 7.93. The Hall–Kier alpha value is -2.27. The Labute approximate surface area is 173 Å². The van der Waals surface area contributed by atoms with Crippen molar-refractivity contribution in [1.82, 2.24) is 0 Å². The van der Waals surface area contributed by atoms with E-state index in [4.69, 9.17) is 0 Å². The normalized spacial score (nSPS) is 22.4. The summed E-state index contributed by atoms with van der Waals surface area (Å²) >= 11 is 0. The van der Waals surface area contributed by atoms with Crippen LogP contribution in [0.3, 0.4) is 0 Å². The van der Waals surface area contributed by atoms with Crippen LogP contribution < -0.4 is 0 Å². The molecule has 2 aromatic carbocycles. The Morgan fingerprint density at radius 1 is 0.862 bits per heavy atom. The van der Waals surface area contributed by atoms with Gasteiger partial charge in [0.05, 0.1) is 10.00 Å². The third-order valence-corrected chi connectivity index (χ3v) is 8.92. The second-order valence-electron chi connectivity index (χ2n) is 8.78. The molecule has 5 heteroatoms. The van der Waals surface area contributed by atoms with Gasteiger partial charge in [-0.3, -0.25) is 9.59 Å². The number of carbonyl (C=O) groups excluding carboxylic acids is 2. The average Bonchev–Trinajstić information content (AvgIpc) is 3.12. The number of sulfone groups is 1. The fraction of sp³-hybridized carbons (Fsp3) is 0.417. The van der Waals surface area contributed by atoms with Crippen molar-refractivity contribution in [2.75, 3.05) is 0 Å². The quantitative estimate of drug-likeness (QED) is 0.642. The van der Waals surface area contributed by atoms with Crippen LogP contribution >= 0.6 is 0 Å². The highest BCUT2D eigenvalue weighted by Crippen LogP contribution is 2.43. The largest absolute Gasteiger partial charge is 0.294 e. The van der Waals surface area contributed by atoms with Crippen molar-refractivity contribution in [1.29, 1.82) is 0 Å². The van der Waals surface area contributed by atoms with Crippen LogP contribution in [-0.4, -0.2) is 30.0 Å². The molecule has 1 aliphatic rings. The zero-order valence-electron chi connectivity index (χ0n) is 17.2. The Balaban J connectivity index is 1.95. The molecule has 154 valence electrons. The van der Waals surface area contributed by atoms with Crippen molar-refractivity contribution in [2.24, 2.45) is 11.8 Å². The summed E-state index contributed by atoms with van der Waals surface area (Å²) in [4.78, 5) is 26.2. The molecular formula is C24H28O4S. The first-order valence-electron chi connectivity index (χ1n) is 10.0. The van der Waals surface area contributed by atoms with Gasteiger partial charge in [0.1, 0.15) is 0 Å². The molecule has 1 fully saturated rings. The molecule has 0 spiro atoms. The molecule has 0 aliphatic heterocycles. The monoisotopic (exact) mass is 412 g/mol. The van der Waals surface area contributed by atoms with E-state index in [1.54, 1.807) is 69.3 Å². The lowest BCUT2D eigenvalue weighted by molar-refractivity contribution is 0.0862. The van der Waals surface area contributed by atoms with Crippen LogP contribution in [0, 0.1) is 11.8 Å². The molecule has 0 bridgehead atoms. The van der Waals surface area contributed by atoms with E-state index >= 15 is 0 Å². The molecule has 0 heterocycles. The van der Waals surface area contributed by atoms with Crippen LogP contribution in [0.4, 0.5) is 0 Å². The van der Waals surface area contributed by atoms with Gasteiger partial charge in [0.15, 0.2) is 21.4 Å². The minimum atomic E-state index is -3.54. The fourth-order valence-electron chi connectivity index (χ4n) is 4.23. The first-order valence-corrected chi connectivity index (χ1v) is 11.6. The van der Waals surface area contributed by atoms with Crippen LogP contribution in [0.5, 0.6) is 0 Å². The zero-order chi connectivity index (χ0) is 21.2. The van der Waals surface area contributed by atoms with Crippen LogP contribution in [0.15, 0.2) is 60.7 Å². The maximum Gasteiger partial charge on any atom is 0.167 e. The second-order valence-corrected chi connectivity index (χ2v) is 11.7. The third-order valence-electron chi connectivity index (χ3n) is 5.89. The predicted octanol–water partition coefficient (Wildman–Crippen LogP) is 4.75. The number of carbonyl (C=O) groups is 2. The predicted molar refractivity (Wildman–Crippen MR) is 115 cm³/mol. The molecule has 3 atom stereocenters. The number of rotatable bonds is 6. The molecule has 4 nitrogen and oxygen atoms in total. The summed E-state index contributed by atoms with van der Waals surface area (Å²) in [6, 6.07) is 17.8. The molecule has 29 heavy (non-hydrogen) atoms. The van der Waals surface area contributed by atoms with Gasteiger partial charge in [0.2, 0.25) is 0 Å². The van der Waals surface area contributed by atoms with Gasteiger partial charge in [-0.2, -0.15) is 0 Å². The van der Waals surface area contributed by atoms with Crippen molar-refractivity contribution in [3.63, 3.8) is 0 Å². The van der Waals surface area contributed by atoms with Crippen LogP contribution in [0.2, 0.25) is 0 Å². The lowest BCUT2D eigenvalue weighted by atomic mass is 9.84. The molecule has 0 saturated heterocycles. The summed E-state index contributed by atoms with van der Waals surface area (Å²) in [6.07, 6.45) is 1.15. The van der Waals surface area contributed by atoms with Gasteiger partial charge >= 0.3 is 0 Å². The van der Waals surface area contributed by atoms with E-state index in [0.29, 0.717) is 24.0 Å². The Morgan fingerprint density at radius 2 is 1.38 bits per heavy atom. The topological polar surface area (TPSA) is 68.3 Å². The van der Waals surface area contributed by atoms with Gasteiger partial charge < -0.3 is 0 Å². The molecule has 1 aliphatic carbocycles. The van der Waals surface area contributed by atoms with Crippen molar-refractivity contribution < 1.29 is 18.0 Å². The molecule has 0 aromatic heterocycles. The minimum Gasteiger partial charge on any atom is -0.294 e. The van der Waals surface area contributed by atoms with Gasteiger partial charge in [-0.1, -0.05) is 60.7 Å².